The second-order valence-electron chi connectivity index (χ2n) is 4.65. The van der Waals surface area contributed by atoms with Gasteiger partial charge in [0.15, 0.2) is 0 Å². The van der Waals surface area contributed by atoms with E-state index >= 15 is 0 Å². The van der Waals surface area contributed by atoms with Crippen molar-refractivity contribution in [2.75, 3.05) is 26.5 Å². The van der Waals surface area contributed by atoms with Gasteiger partial charge in [-0.2, -0.15) is 0 Å². The Morgan fingerprint density at radius 3 is 1.89 bits per heavy atom. The van der Waals surface area contributed by atoms with Crippen molar-refractivity contribution in [1.82, 2.24) is 4.90 Å². The fraction of sp³-hybridized carbons (Fsp3) is 0.250. The summed E-state index contributed by atoms with van der Waals surface area (Å²) in [6, 6.07) is 19.5. The number of rotatable bonds is 4. The summed E-state index contributed by atoms with van der Waals surface area (Å²) in [5, 5.41) is 3.15. The quantitative estimate of drug-likeness (QED) is 0.881. The third-order valence-corrected chi connectivity index (χ3v) is 3.15. The topological polar surface area (TPSA) is 15.3 Å². The zero-order chi connectivity index (χ0) is 13.0. The molecular formula is C16H20N2. The molecule has 0 aliphatic heterocycles. The summed E-state index contributed by atoms with van der Waals surface area (Å²) < 4.78 is 0. The van der Waals surface area contributed by atoms with Crippen LogP contribution in [0, 0.1) is 0 Å². The Bertz CT molecular complexity index is 474. The zero-order valence-corrected chi connectivity index (χ0v) is 11.2. The molecule has 94 valence electrons. The lowest BCUT2D eigenvalue weighted by Gasteiger charge is -2.25. The van der Waals surface area contributed by atoms with Gasteiger partial charge in [0.05, 0.1) is 6.04 Å². The van der Waals surface area contributed by atoms with Gasteiger partial charge in [0.25, 0.3) is 0 Å². The molecule has 0 spiro atoms. The number of hydrogen-bond acceptors (Lipinski definition) is 2. The van der Waals surface area contributed by atoms with E-state index in [1.54, 1.807) is 0 Å². The Morgan fingerprint density at radius 2 is 1.39 bits per heavy atom. The highest BCUT2D eigenvalue weighted by Crippen LogP contribution is 2.27. The van der Waals surface area contributed by atoms with Crippen molar-refractivity contribution in [1.29, 1.82) is 0 Å². The molecule has 0 bridgehead atoms. The normalized spacial score (nSPS) is 12.4. The first kappa shape index (κ1) is 12.7. The van der Waals surface area contributed by atoms with E-state index in [1.165, 1.54) is 11.1 Å². The van der Waals surface area contributed by atoms with Crippen LogP contribution in [0.2, 0.25) is 0 Å². The molecule has 0 aliphatic carbocycles. The Balaban J connectivity index is 2.36. The van der Waals surface area contributed by atoms with Crippen molar-refractivity contribution < 1.29 is 0 Å². The second-order valence-corrected chi connectivity index (χ2v) is 4.65. The van der Waals surface area contributed by atoms with Crippen molar-refractivity contribution in [2.24, 2.45) is 0 Å². The van der Waals surface area contributed by atoms with Crippen LogP contribution in [0.25, 0.3) is 0 Å². The van der Waals surface area contributed by atoms with Gasteiger partial charge in [-0.1, -0.05) is 42.5 Å². The molecule has 1 atom stereocenters. The number of benzene rings is 2. The van der Waals surface area contributed by atoms with Crippen molar-refractivity contribution >= 4 is 5.69 Å². The summed E-state index contributed by atoms with van der Waals surface area (Å²) >= 11 is 0. The van der Waals surface area contributed by atoms with Crippen molar-refractivity contribution in [2.45, 2.75) is 6.04 Å². The number of anilines is 1. The lowest BCUT2D eigenvalue weighted by Crippen LogP contribution is -2.20. The first-order valence-electron chi connectivity index (χ1n) is 6.21. The standard InChI is InChI=1S/C16H20N2/c1-17-15-11-9-14(10-12-15)16(18(2)3)13-7-5-4-6-8-13/h4-12,16-17H,1-3H3. The van der Waals surface area contributed by atoms with Crippen LogP contribution in [0.5, 0.6) is 0 Å². The maximum atomic E-state index is 3.15. The molecule has 2 aromatic rings. The van der Waals surface area contributed by atoms with E-state index in [9.17, 15) is 0 Å². The van der Waals surface area contributed by atoms with Gasteiger partial charge < -0.3 is 5.32 Å². The molecule has 0 amide bonds. The monoisotopic (exact) mass is 240 g/mol. The largest absolute Gasteiger partial charge is 0.388 e. The molecule has 18 heavy (non-hydrogen) atoms. The van der Waals surface area contributed by atoms with Crippen LogP contribution in [-0.4, -0.2) is 26.0 Å². The predicted molar refractivity (Wildman–Crippen MR) is 78.0 cm³/mol. The van der Waals surface area contributed by atoms with Gasteiger partial charge in [-0.05, 0) is 37.4 Å². The van der Waals surface area contributed by atoms with Crippen LogP contribution in [-0.2, 0) is 0 Å². The lowest BCUT2D eigenvalue weighted by atomic mass is 9.97. The molecule has 2 heteroatoms. The molecule has 0 saturated carbocycles. The third-order valence-electron chi connectivity index (χ3n) is 3.15. The van der Waals surface area contributed by atoms with Gasteiger partial charge in [0, 0.05) is 12.7 Å². The second kappa shape index (κ2) is 5.69. The lowest BCUT2D eigenvalue weighted by molar-refractivity contribution is 0.342. The number of nitrogens with one attached hydrogen (secondary N) is 1. The fourth-order valence-electron chi connectivity index (χ4n) is 2.26. The summed E-state index contributed by atoms with van der Waals surface area (Å²) in [7, 11) is 6.17. The van der Waals surface area contributed by atoms with Crippen LogP contribution in [0.15, 0.2) is 54.6 Å². The predicted octanol–water partition coefficient (Wildman–Crippen LogP) is 3.38. The number of hydrogen-bond donors (Lipinski definition) is 1. The fourth-order valence-corrected chi connectivity index (χ4v) is 2.26. The average molecular weight is 240 g/mol. The highest BCUT2D eigenvalue weighted by atomic mass is 15.1. The van der Waals surface area contributed by atoms with Crippen LogP contribution in [0.3, 0.4) is 0 Å². The molecule has 2 aromatic carbocycles. The summed E-state index contributed by atoms with van der Waals surface area (Å²) in [6.07, 6.45) is 0. The van der Waals surface area contributed by atoms with Crippen LogP contribution in [0.4, 0.5) is 5.69 Å². The van der Waals surface area contributed by atoms with Crippen LogP contribution in [0.1, 0.15) is 17.2 Å². The Hall–Kier alpha value is -1.80. The van der Waals surface area contributed by atoms with Crippen LogP contribution < -0.4 is 5.32 Å². The summed E-state index contributed by atoms with van der Waals surface area (Å²) in [5.41, 5.74) is 3.77. The molecule has 2 nitrogen and oxygen atoms in total. The zero-order valence-electron chi connectivity index (χ0n) is 11.2. The van der Waals surface area contributed by atoms with Crippen molar-refractivity contribution in [3.05, 3.63) is 65.7 Å². The maximum Gasteiger partial charge on any atom is 0.0596 e. The van der Waals surface area contributed by atoms with Gasteiger partial charge in [-0.3, -0.25) is 4.90 Å². The molecule has 0 saturated heterocycles. The average Bonchev–Trinajstić information content (AvgIpc) is 2.40. The maximum absolute atomic E-state index is 3.15. The van der Waals surface area contributed by atoms with E-state index in [2.05, 4.69) is 78.9 Å². The highest BCUT2D eigenvalue weighted by molar-refractivity contribution is 5.45. The minimum atomic E-state index is 0.303. The minimum absolute atomic E-state index is 0.303. The molecule has 0 aliphatic rings. The molecule has 0 fully saturated rings. The third kappa shape index (κ3) is 2.71. The highest BCUT2D eigenvalue weighted by Gasteiger charge is 2.15. The van der Waals surface area contributed by atoms with Gasteiger partial charge in [0.2, 0.25) is 0 Å². The van der Waals surface area contributed by atoms with E-state index in [0.29, 0.717) is 6.04 Å². The Labute approximate surface area is 109 Å². The smallest absolute Gasteiger partial charge is 0.0596 e. The van der Waals surface area contributed by atoms with E-state index in [4.69, 9.17) is 0 Å². The molecule has 2 rings (SSSR count). The minimum Gasteiger partial charge on any atom is -0.388 e. The molecular weight excluding hydrogens is 220 g/mol. The molecule has 0 heterocycles. The van der Waals surface area contributed by atoms with Gasteiger partial charge in [0.1, 0.15) is 0 Å². The molecule has 0 radical (unpaired) electrons. The Morgan fingerprint density at radius 1 is 0.833 bits per heavy atom. The van der Waals surface area contributed by atoms with Gasteiger partial charge >= 0.3 is 0 Å². The first-order valence-corrected chi connectivity index (χ1v) is 6.21. The summed E-state index contributed by atoms with van der Waals surface area (Å²) in [6.45, 7) is 0. The van der Waals surface area contributed by atoms with E-state index in [0.717, 1.165) is 5.69 Å². The van der Waals surface area contributed by atoms with E-state index < -0.39 is 0 Å². The van der Waals surface area contributed by atoms with Gasteiger partial charge in [-0.25, -0.2) is 0 Å². The Kier molecular flexibility index (Phi) is 4.00. The molecule has 1 N–H and O–H groups in total. The summed E-state index contributed by atoms with van der Waals surface area (Å²) in [5.74, 6) is 0. The van der Waals surface area contributed by atoms with Gasteiger partial charge in [-0.15, -0.1) is 0 Å². The van der Waals surface area contributed by atoms with Crippen molar-refractivity contribution in [3.8, 4) is 0 Å². The molecule has 1 unspecified atom stereocenters. The SMILES string of the molecule is CNc1ccc(C(c2ccccc2)N(C)C)cc1. The van der Waals surface area contributed by atoms with Crippen molar-refractivity contribution in [3.63, 3.8) is 0 Å². The van der Waals surface area contributed by atoms with Crippen LogP contribution >= 0.6 is 0 Å². The molecule has 0 aromatic heterocycles. The first-order chi connectivity index (χ1) is 8.72. The number of nitrogens with zero attached hydrogens (tertiary/aromatic N) is 1. The van der Waals surface area contributed by atoms with E-state index in [1.807, 2.05) is 7.05 Å². The summed E-state index contributed by atoms with van der Waals surface area (Å²) in [4.78, 5) is 2.24. The van der Waals surface area contributed by atoms with E-state index in [-0.39, 0.29) is 0 Å².